The number of nitrogens with zero attached hydrogens (tertiary/aromatic N) is 1. The van der Waals surface area contributed by atoms with Crippen LogP contribution in [0.5, 0.6) is 0 Å². The molecule has 2 nitrogen and oxygen atoms in total. The molecule has 0 aromatic carbocycles. The van der Waals surface area contributed by atoms with E-state index >= 15 is 0 Å². The van der Waals surface area contributed by atoms with Crippen LogP contribution in [0.15, 0.2) is 6.20 Å². The lowest BCUT2D eigenvalue weighted by molar-refractivity contribution is -0.137. The molecular weight excluding hydrogens is 260 g/mol. The van der Waals surface area contributed by atoms with Gasteiger partial charge in [0.1, 0.15) is 6.42 Å². The van der Waals surface area contributed by atoms with E-state index in [0.29, 0.717) is 6.20 Å². The highest BCUT2D eigenvalue weighted by Gasteiger charge is 2.37. The van der Waals surface area contributed by atoms with Gasteiger partial charge in [-0.3, -0.25) is 4.79 Å². The Morgan fingerprint density at radius 2 is 1.81 bits per heavy atom. The molecule has 0 fully saturated rings. The van der Waals surface area contributed by atoms with Gasteiger partial charge < -0.3 is 0 Å². The number of thiazole rings is 1. The van der Waals surface area contributed by atoms with Gasteiger partial charge in [0.25, 0.3) is 0 Å². The molecule has 0 atom stereocenters. The van der Waals surface area contributed by atoms with Crippen LogP contribution < -0.4 is 0 Å². The lowest BCUT2D eigenvalue weighted by Gasteiger charge is -2.02. The number of halogens is 6. The third kappa shape index (κ3) is 3.47. The highest BCUT2D eigenvalue weighted by Crippen LogP contribution is 2.33. The van der Waals surface area contributed by atoms with Gasteiger partial charge in [-0.15, -0.1) is 11.3 Å². The summed E-state index contributed by atoms with van der Waals surface area (Å²) in [5.74, 6) is -1.42. The van der Waals surface area contributed by atoms with Gasteiger partial charge in [-0.1, -0.05) is 0 Å². The van der Waals surface area contributed by atoms with Crippen LogP contribution >= 0.6 is 11.3 Å². The van der Waals surface area contributed by atoms with Crippen molar-refractivity contribution in [2.75, 3.05) is 0 Å². The fourth-order valence-electron chi connectivity index (χ4n) is 0.803. The molecule has 1 heterocycles. The Morgan fingerprint density at radius 1 is 1.25 bits per heavy atom. The van der Waals surface area contributed by atoms with E-state index in [9.17, 15) is 31.1 Å². The topological polar surface area (TPSA) is 30.0 Å². The molecule has 0 spiro atoms. The van der Waals surface area contributed by atoms with Crippen LogP contribution in [0.25, 0.3) is 0 Å². The molecule has 0 aliphatic heterocycles. The fraction of sp³-hybridized carbons (Fsp3) is 0.429. The second kappa shape index (κ2) is 4.04. The highest BCUT2D eigenvalue weighted by atomic mass is 32.1. The van der Waals surface area contributed by atoms with Crippen LogP contribution in [-0.4, -0.2) is 16.9 Å². The number of carbonyl (C=O) groups excluding carboxylic acids is 1. The molecule has 1 rings (SSSR count). The highest BCUT2D eigenvalue weighted by molar-refractivity contribution is 7.13. The molecule has 0 radical (unpaired) electrons. The summed E-state index contributed by atoms with van der Waals surface area (Å²) in [5, 5.41) is -1.34. The summed E-state index contributed by atoms with van der Waals surface area (Å²) >= 11 is -0.0970. The molecule has 0 saturated carbocycles. The van der Waals surface area contributed by atoms with E-state index in [1.165, 1.54) is 0 Å². The predicted molar refractivity (Wildman–Crippen MR) is 42.1 cm³/mol. The number of hydrogen-bond donors (Lipinski definition) is 0. The number of aromatic nitrogens is 1. The van der Waals surface area contributed by atoms with E-state index in [-0.39, 0.29) is 11.3 Å². The van der Waals surface area contributed by atoms with Gasteiger partial charge in [-0.2, -0.15) is 26.3 Å². The van der Waals surface area contributed by atoms with E-state index in [1.807, 2.05) is 0 Å². The monoisotopic (exact) mass is 263 g/mol. The predicted octanol–water partition coefficient (Wildman–Crippen LogP) is 3.30. The zero-order valence-electron chi connectivity index (χ0n) is 7.32. The third-order valence-corrected chi connectivity index (χ3v) is 2.47. The number of Topliss-reactive ketones (excluding diaryl/α,β-unsaturated/α-hetero) is 1. The Morgan fingerprint density at radius 3 is 2.19 bits per heavy atom. The van der Waals surface area contributed by atoms with Gasteiger partial charge in [0.2, 0.25) is 0 Å². The second-order valence-corrected chi connectivity index (χ2v) is 3.77. The summed E-state index contributed by atoms with van der Waals surface area (Å²) in [5.41, 5.74) is 0. The molecule has 9 heteroatoms. The first kappa shape index (κ1) is 12.9. The van der Waals surface area contributed by atoms with Crippen molar-refractivity contribution in [3.8, 4) is 0 Å². The fourth-order valence-corrected chi connectivity index (χ4v) is 1.52. The van der Waals surface area contributed by atoms with Crippen LogP contribution in [0.3, 0.4) is 0 Å². The van der Waals surface area contributed by atoms with Crippen molar-refractivity contribution in [2.24, 2.45) is 0 Å². The zero-order chi connectivity index (χ0) is 12.6. The molecule has 1 aromatic heterocycles. The zero-order valence-corrected chi connectivity index (χ0v) is 8.13. The van der Waals surface area contributed by atoms with E-state index < -0.39 is 34.4 Å². The number of carbonyl (C=O) groups is 1. The summed E-state index contributed by atoms with van der Waals surface area (Å²) in [6.07, 6.45) is -10.8. The molecule has 0 saturated heterocycles. The summed E-state index contributed by atoms with van der Waals surface area (Å²) < 4.78 is 71.4. The molecule has 0 unspecified atom stereocenters. The third-order valence-electron chi connectivity index (χ3n) is 1.38. The molecule has 1 aromatic rings. The van der Waals surface area contributed by atoms with Crippen molar-refractivity contribution in [2.45, 2.75) is 18.8 Å². The molecular formula is C7H3F6NOS. The Labute approximate surface area is 88.9 Å². The molecule has 0 amide bonds. The molecule has 90 valence electrons. The van der Waals surface area contributed by atoms with Gasteiger partial charge in [-0.25, -0.2) is 4.98 Å². The average molecular weight is 263 g/mol. The number of alkyl halides is 6. The maximum Gasteiger partial charge on any atom is 0.443 e. The molecule has 0 aliphatic rings. The van der Waals surface area contributed by atoms with Crippen molar-refractivity contribution in [1.82, 2.24) is 4.98 Å². The minimum atomic E-state index is -4.75. The van der Waals surface area contributed by atoms with Gasteiger partial charge in [0, 0.05) is 6.20 Å². The van der Waals surface area contributed by atoms with Crippen molar-refractivity contribution < 1.29 is 31.1 Å². The van der Waals surface area contributed by atoms with Crippen molar-refractivity contribution >= 4 is 17.1 Å². The molecule has 0 N–H and O–H groups in total. The standard InChI is InChI=1S/C7H3F6NOS/c8-6(9,10)1-3(15)4-2-14-5(16-4)7(11,12)13/h2H,1H2. The van der Waals surface area contributed by atoms with Gasteiger partial charge >= 0.3 is 12.4 Å². The van der Waals surface area contributed by atoms with Crippen molar-refractivity contribution in [3.05, 3.63) is 16.1 Å². The van der Waals surface area contributed by atoms with Crippen molar-refractivity contribution in [3.63, 3.8) is 0 Å². The second-order valence-electron chi connectivity index (χ2n) is 2.74. The Kier molecular flexibility index (Phi) is 3.27. The lowest BCUT2D eigenvalue weighted by atomic mass is 10.2. The van der Waals surface area contributed by atoms with E-state index in [0.717, 1.165) is 0 Å². The first-order chi connectivity index (χ1) is 7.09. The maximum atomic E-state index is 12.0. The largest absolute Gasteiger partial charge is 0.443 e. The smallest absolute Gasteiger partial charge is 0.293 e. The maximum absolute atomic E-state index is 12.0. The Balaban J connectivity index is 2.83. The lowest BCUT2D eigenvalue weighted by Crippen LogP contribution is -2.14. The Bertz CT molecular complexity index is 392. The normalized spacial score (nSPS) is 12.9. The Hall–Kier alpha value is -1.12. The van der Waals surface area contributed by atoms with E-state index in [4.69, 9.17) is 0 Å². The van der Waals surface area contributed by atoms with Crippen LogP contribution in [0.2, 0.25) is 0 Å². The summed E-state index contributed by atoms with van der Waals surface area (Å²) in [4.78, 5) is 13.1. The number of hydrogen-bond acceptors (Lipinski definition) is 3. The first-order valence-corrected chi connectivity index (χ1v) is 4.54. The molecule has 0 aliphatic carbocycles. The van der Waals surface area contributed by atoms with Gasteiger partial charge in [0.15, 0.2) is 10.8 Å². The summed E-state index contributed by atoms with van der Waals surface area (Å²) in [7, 11) is 0. The minimum absolute atomic E-state index is 0.0970. The molecule has 16 heavy (non-hydrogen) atoms. The number of ketones is 1. The van der Waals surface area contributed by atoms with Crippen LogP contribution in [0, 0.1) is 0 Å². The first-order valence-electron chi connectivity index (χ1n) is 3.72. The molecule has 0 bridgehead atoms. The quantitative estimate of drug-likeness (QED) is 0.605. The summed E-state index contributed by atoms with van der Waals surface area (Å²) in [6, 6.07) is 0. The van der Waals surface area contributed by atoms with Crippen LogP contribution in [0.4, 0.5) is 26.3 Å². The van der Waals surface area contributed by atoms with Crippen LogP contribution in [-0.2, 0) is 6.18 Å². The van der Waals surface area contributed by atoms with E-state index in [1.54, 1.807) is 0 Å². The SMILES string of the molecule is O=C(CC(F)(F)F)c1cnc(C(F)(F)F)s1. The van der Waals surface area contributed by atoms with Gasteiger partial charge in [0.05, 0.1) is 4.88 Å². The van der Waals surface area contributed by atoms with Crippen molar-refractivity contribution in [1.29, 1.82) is 0 Å². The van der Waals surface area contributed by atoms with Gasteiger partial charge in [-0.05, 0) is 0 Å². The average Bonchev–Trinajstić information content (AvgIpc) is 2.46. The summed E-state index contributed by atoms with van der Waals surface area (Å²) in [6.45, 7) is 0. The van der Waals surface area contributed by atoms with E-state index in [2.05, 4.69) is 4.98 Å². The minimum Gasteiger partial charge on any atom is -0.293 e. The number of rotatable bonds is 2. The van der Waals surface area contributed by atoms with Crippen LogP contribution in [0.1, 0.15) is 21.1 Å².